The Hall–Kier alpha value is -1.42. The highest BCUT2D eigenvalue weighted by molar-refractivity contribution is 5.41. The maximum atomic E-state index is 13.1. The van der Waals surface area contributed by atoms with Crippen LogP contribution in [0.2, 0.25) is 0 Å². The van der Waals surface area contributed by atoms with Gasteiger partial charge in [0.15, 0.2) is 11.5 Å². The van der Waals surface area contributed by atoms with E-state index in [1.54, 1.807) is 22.9 Å². The SMILES string of the molecule is CNCc1cnc2c(F)cccn12. The van der Waals surface area contributed by atoms with Crippen molar-refractivity contribution in [2.24, 2.45) is 0 Å². The first-order chi connectivity index (χ1) is 6.33. The molecule has 0 bridgehead atoms. The molecule has 0 aliphatic rings. The zero-order chi connectivity index (χ0) is 9.26. The van der Waals surface area contributed by atoms with E-state index in [-0.39, 0.29) is 5.82 Å². The number of nitrogens with zero attached hydrogens (tertiary/aromatic N) is 2. The molecule has 0 fully saturated rings. The fraction of sp³-hybridized carbons (Fsp3) is 0.222. The third-order valence-electron chi connectivity index (χ3n) is 1.92. The van der Waals surface area contributed by atoms with Crippen molar-refractivity contribution in [3.63, 3.8) is 0 Å². The first kappa shape index (κ1) is 8.19. The van der Waals surface area contributed by atoms with Gasteiger partial charge in [0.1, 0.15) is 0 Å². The number of hydrogen-bond donors (Lipinski definition) is 1. The van der Waals surface area contributed by atoms with Crippen LogP contribution in [0.5, 0.6) is 0 Å². The zero-order valence-corrected chi connectivity index (χ0v) is 7.29. The fourth-order valence-corrected chi connectivity index (χ4v) is 1.34. The summed E-state index contributed by atoms with van der Waals surface area (Å²) in [6.45, 7) is 0.685. The molecule has 13 heavy (non-hydrogen) atoms. The van der Waals surface area contributed by atoms with Crippen LogP contribution in [0.15, 0.2) is 24.5 Å². The minimum absolute atomic E-state index is 0.287. The number of fused-ring (bicyclic) bond motifs is 1. The normalized spacial score (nSPS) is 10.9. The zero-order valence-electron chi connectivity index (χ0n) is 7.29. The lowest BCUT2D eigenvalue weighted by Gasteiger charge is -1.99. The summed E-state index contributed by atoms with van der Waals surface area (Å²) in [7, 11) is 1.85. The number of halogens is 1. The standard InChI is InChI=1S/C9H10FN3/c1-11-5-7-6-12-9-8(10)3-2-4-13(7)9/h2-4,6,11H,5H2,1H3. The summed E-state index contributed by atoms with van der Waals surface area (Å²) in [5.74, 6) is -0.287. The first-order valence-electron chi connectivity index (χ1n) is 4.08. The van der Waals surface area contributed by atoms with Crippen molar-refractivity contribution >= 4 is 5.65 Å². The summed E-state index contributed by atoms with van der Waals surface area (Å²) in [5, 5.41) is 3.00. The van der Waals surface area contributed by atoms with Crippen LogP contribution in [0.3, 0.4) is 0 Å². The van der Waals surface area contributed by atoms with E-state index >= 15 is 0 Å². The molecule has 0 saturated heterocycles. The highest BCUT2D eigenvalue weighted by Crippen LogP contribution is 2.09. The third kappa shape index (κ3) is 1.29. The highest BCUT2D eigenvalue weighted by atomic mass is 19.1. The monoisotopic (exact) mass is 179 g/mol. The predicted octanol–water partition coefficient (Wildman–Crippen LogP) is 1.19. The van der Waals surface area contributed by atoms with Crippen LogP contribution in [0.4, 0.5) is 4.39 Å². The van der Waals surface area contributed by atoms with E-state index < -0.39 is 0 Å². The number of nitrogens with one attached hydrogen (secondary N) is 1. The van der Waals surface area contributed by atoms with E-state index in [1.165, 1.54) is 6.07 Å². The average molecular weight is 179 g/mol. The van der Waals surface area contributed by atoms with Gasteiger partial charge in [0.2, 0.25) is 0 Å². The van der Waals surface area contributed by atoms with Gasteiger partial charge in [-0.05, 0) is 19.2 Å². The lowest BCUT2D eigenvalue weighted by atomic mass is 10.4. The van der Waals surface area contributed by atoms with Gasteiger partial charge in [0.05, 0.1) is 11.9 Å². The molecule has 0 amide bonds. The molecule has 0 aliphatic heterocycles. The van der Waals surface area contributed by atoms with Gasteiger partial charge in [-0.1, -0.05) is 0 Å². The second kappa shape index (κ2) is 3.14. The molecule has 0 aliphatic carbocycles. The molecule has 2 aromatic heterocycles. The second-order valence-electron chi connectivity index (χ2n) is 2.83. The van der Waals surface area contributed by atoms with Gasteiger partial charge >= 0.3 is 0 Å². The van der Waals surface area contributed by atoms with E-state index in [1.807, 2.05) is 7.05 Å². The lowest BCUT2D eigenvalue weighted by Crippen LogP contribution is -2.07. The van der Waals surface area contributed by atoms with Crippen LogP contribution in [-0.4, -0.2) is 16.4 Å². The summed E-state index contributed by atoms with van der Waals surface area (Å²) in [6.07, 6.45) is 3.48. The topological polar surface area (TPSA) is 29.3 Å². The van der Waals surface area contributed by atoms with Gasteiger partial charge in [-0.2, -0.15) is 0 Å². The van der Waals surface area contributed by atoms with Crippen molar-refractivity contribution < 1.29 is 4.39 Å². The van der Waals surface area contributed by atoms with Crippen molar-refractivity contribution in [3.05, 3.63) is 36.0 Å². The van der Waals surface area contributed by atoms with Crippen LogP contribution >= 0.6 is 0 Å². The van der Waals surface area contributed by atoms with Crippen molar-refractivity contribution in [2.75, 3.05) is 7.05 Å². The molecule has 0 saturated carbocycles. The Morgan fingerprint density at radius 3 is 3.23 bits per heavy atom. The van der Waals surface area contributed by atoms with Crippen molar-refractivity contribution in [1.29, 1.82) is 0 Å². The Balaban J connectivity index is 2.61. The summed E-state index contributed by atoms with van der Waals surface area (Å²) in [5.41, 5.74) is 1.34. The molecule has 4 heteroatoms. The first-order valence-corrected chi connectivity index (χ1v) is 4.08. The predicted molar refractivity (Wildman–Crippen MR) is 47.9 cm³/mol. The Morgan fingerprint density at radius 1 is 1.62 bits per heavy atom. The molecular weight excluding hydrogens is 169 g/mol. The van der Waals surface area contributed by atoms with Crippen molar-refractivity contribution in [3.8, 4) is 0 Å². The highest BCUT2D eigenvalue weighted by Gasteiger charge is 2.04. The smallest absolute Gasteiger partial charge is 0.173 e. The van der Waals surface area contributed by atoms with Gasteiger partial charge in [-0.25, -0.2) is 9.37 Å². The van der Waals surface area contributed by atoms with Gasteiger partial charge in [-0.15, -0.1) is 0 Å². The summed E-state index contributed by atoms with van der Waals surface area (Å²) in [4.78, 5) is 3.98. The molecule has 0 spiro atoms. The number of imidazole rings is 1. The molecule has 1 N–H and O–H groups in total. The van der Waals surface area contributed by atoms with Gasteiger partial charge in [0, 0.05) is 12.7 Å². The van der Waals surface area contributed by atoms with Crippen LogP contribution in [0.1, 0.15) is 5.69 Å². The average Bonchev–Trinajstić information content (AvgIpc) is 2.51. The Labute approximate surface area is 75.2 Å². The van der Waals surface area contributed by atoms with E-state index in [2.05, 4.69) is 10.3 Å². The molecule has 3 nitrogen and oxygen atoms in total. The summed E-state index contributed by atoms with van der Waals surface area (Å²) in [6, 6.07) is 3.08. The van der Waals surface area contributed by atoms with Crippen LogP contribution in [0, 0.1) is 5.82 Å². The van der Waals surface area contributed by atoms with E-state index in [9.17, 15) is 4.39 Å². The molecule has 2 aromatic rings. The summed E-state index contributed by atoms with van der Waals surface area (Å²) < 4.78 is 14.9. The minimum atomic E-state index is -0.287. The second-order valence-corrected chi connectivity index (χ2v) is 2.83. The Morgan fingerprint density at radius 2 is 2.46 bits per heavy atom. The maximum absolute atomic E-state index is 13.1. The Kier molecular flexibility index (Phi) is 1.98. The molecule has 0 unspecified atom stereocenters. The molecule has 68 valence electrons. The van der Waals surface area contributed by atoms with E-state index in [0.29, 0.717) is 12.2 Å². The Bertz CT molecular complexity index is 422. The quantitative estimate of drug-likeness (QED) is 0.750. The summed E-state index contributed by atoms with van der Waals surface area (Å²) >= 11 is 0. The fourth-order valence-electron chi connectivity index (χ4n) is 1.34. The molecule has 2 heterocycles. The molecule has 0 radical (unpaired) electrons. The van der Waals surface area contributed by atoms with Crippen LogP contribution < -0.4 is 5.32 Å². The van der Waals surface area contributed by atoms with Crippen LogP contribution in [0.25, 0.3) is 5.65 Å². The van der Waals surface area contributed by atoms with Gasteiger partial charge < -0.3 is 9.72 Å². The molecule has 2 rings (SSSR count). The van der Waals surface area contributed by atoms with E-state index in [4.69, 9.17) is 0 Å². The van der Waals surface area contributed by atoms with Crippen LogP contribution in [-0.2, 0) is 6.54 Å². The number of rotatable bonds is 2. The third-order valence-corrected chi connectivity index (χ3v) is 1.92. The molecule has 0 atom stereocenters. The van der Waals surface area contributed by atoms with Gasteiger partial charge in [0.25, 0.3) is 0 Å². The maximum Gasteiger partial charge on any atom is 0.173 e. The molecule has 0 aromatic carbocycles. The van der Waals surface area contributed by atoms with Crippen molar-refractivity contribution in [2.45, 2.75) is 6.54 Å². The number of aromatic nitrogens is 2. The molecular formula is C9H10FN3. The van der Waals surface area contributed by atoms with E-state index in [0.717, 1.165) is 5.69 Å². The number of hydrogen-bond acceptors (Lipinski definition) is 2. The van der Waals surface area contributed by atoms with Crippen molar-refractivity contribution in [1.82, 2.24) is 14.7 Å². The minimum Gasteiger partial charge on any atom is -0.314 e. The lowest BCUT2D eigenvalue weighted by molar-refractivity contribution is 0.628. The number of pyridine rings is 1. The largest absolute Gasteiger partial charge is 0.314 e. The van der Waals surface area contributed by atoms with Gasteiger partial charge in [-0.3, -0.25) is 0 Å².